The van der Waals surface area contributed by atoms with Gasteiger partial charge in [-0.25, -0.2) is 4.79 Å². The number of aliphatic carboxylic acids is 1. The van der Waals surface area contributed by atoms with Gasteiger partial charge in [-0.05, 0) is 24.6 Å². The predicted molar refractivity (Wildman–Crippen MR) is 53.3 cm³/mol. The highest BCUT2D eigenvalue weighted by atomic mass is 19.4. The Kier molecular flexibility index (Phi) is 4.11. The molecule has 0 aromatic heterocycles. The highest BCUT2D eigenvalue weighted by Gasteiger charge is 2.29. The van der Waals surface area contributed by atoms with Crippen molar-refractivity contribution in [1.29, 1.82) is 0 Å². The average molecular weight is 248 g/mol. The number of carbonyl (C=O) groups is 1. The summed E-state index contributed by atoms with van der Waals surface area (Å²) < 4.78 is 41.6. The van der Waals surface area contributed by atoms with E-state index >= 15 is 0 Å². The van der Waals surface area contributed by atoms with Gasteiger partial charge in [-0.2, -0.15) is 13.2 Å². The molecule has 0 aliphatic carbocycles. The first-order valence-electron chi connectivity index (χ1n) is 4.81. The molecule has 0 amide bonds. The number of benzene rings is 1. The molecule has 0 saturated carbocycles. The van der Waals surface area contributed by atoms with E-state index < -0.39 is 23.8 Å². The van der Waals surface area contributed by atoms with Gasteiger partial charge in [-0.15, -0.1) is 0 Å². The molecule has 1 atom stereocenters. The first-order chi connectivity index (χ1) is 7.80. The standard InChI is InChI=1S/C11H11F3O3/c1-7(10(15)16)17-6-8-2-4-9(5-3-8)11(12,13)14/h2-5,7H,6H2,1H3,(H,15,16)/t7-/m1/s1. The molecule has 1 aromatic carbocycles. The molecule has 1 N–H and O–H groups in total. The lowest BCUT2D eigenvalue weighted by atomic mass is 10.1. The van der Waals surface area contributed by atoms with Crippen LogP contribution in [-0.4, -0.2) is 17.2 Å². The summed E-state index contributed by atoms with van der Waals surface area (Å²) in [4.78, 5) is 10.4. The highest BCUT2D eigenvalue weighted by molar-refractivity contribution is 5.71. The smallest absolute Gasteiger partial charge is 0.416 e. The maximum Gasteiger partial charge on any atom is 0.416 e. The first-order valence-corrected chi connectivity index (χ1v) is 4.81. The normalized spacial score (nSPS) is 13.4. The summed E-state index contributed by atoms with van der Waals surface area (Å²) in [6.07, 6.45) is -5.36. The Balaban J connectivity index is 2.60. The summed E-state index contributed by atoms with van der Waals surface area (Å²) in [7, 11) is 0. The van der Waals surface area contributed by atoms with Crippen molar-refractivity contribution in [2.24, 2.45) is 0 Å². The van der Waals surface area contributed by atoms with Crippen LogP contribution in [0, 0.1) is 0 Å². The number of hydrogen-bond acceptors (Lipinski definition) is 2. The number of halogens is 3. The highest BCUT2D eigenvalue weighted by Crippen LogP contribution is 2.29. The summed E-state index contributed by atoms with van der Waals surface area (Å²) in [5, 5.41) is 8.54. The molecule has 94 valence electrons. The summed E-state index contributed by atoms with van der Waals surface area (Å²) in [5.74, 6) is -1.11. The van der Waals surface area contributed by atoms with Gasteiger partial charge in [0, 0.05) is 0 Å². The molecule has 0 radical (unpaired) electrons. The predicted octanol–water partition coefficient (Wildman–Crippen LogP) is 2.70. The van der Waals surface area contributed by atoms with E-state index in [2.05, 4.69) is 0 Å². The van der Waals surface area contributed by atoms with Crippen molar-refractivity contribution >= 4 is 5.97 Å². The van der Waals surface area contributed by atoms with Gasteiger partial charge in [-0.1, -0.05) is 12.1 Å². The zero-order valence-electron chi connectivity index (χ0n) is 8.99. The van der Waals surface area contributed by atoms with Gasteiger partial charge in [0.05, 0.1) is 12.2 Å². The van der Waals surface area contributed by atoms with E-state index in [0.29, 0.717) is 5.56 Å². The van der Waals surface area contributed by atoms with Gasteiger partial charge in [0.1, 0.15) is 0 Å². The Labute approximate surface area is 95.8 Å². The van der Waals surface area contributed by atoms with Crippen molar-refractivity contribution in [2.45, 2.75) is 25.8 Å². The van der Waals surface area contributed by atoms with Crippen LogP contribution in [0.4, 0.5) is 13.2 Å². The number of alkyl halides is 3. The topological polar surface area (TPSA) is 46.5 Å². The van der Waals surface area contributed by atoms with Crippen molar-refractivity contribution in [3.63, 3.8) is 0 Å². The summed E-state index contributed by atoms with van der Waals surface area (Å²) in [6.45, 7) is 1.32. The Morgan fingerprint density at radius 1 is 1.35 bits per heavy atom. The van der Waals surface area contributed by atoms with Crippen molar-refractivity contribution < 1.29 is 27.8 Å². The lowest BCUT2D eigenvalue weighted by molar-refractivity contribution is -0.149. The maximum absolute atomic E-state index is 12.2. The second kappa shape index (κ2) is 5.18. The molecule has 6 heteroatoms. The Morgan fingerprint density at radius 3 is 2.29 bits per heavy atom. The molecule has 1 aromatic rings. The van der Waals surface area contributed by atoms with Gasteiger partial charge in [0.2, 0.25) is 0 Å². The molecular formula is C11H11F3O3. The van der Waals surface area contributed by atoms with Gasteiger partial charge in [0.25, 0.3) is 0 Å². The molecule has 0 bridgehead atoms. The van der Waals surface area contributed by atoms with Crippen molar-refractivity contribution in [3.05, 3.63) is 35.4 Å². The quantitative estimate of drug-likeness (QED) is 0.891. The molecule has 0 fully saturated rings. The van der Waals surface area contributed by atoms with Gasteiger partial charge >= 0.3 is 12.1 Å². The Bertz CT molecular complexity index is 384. The number of ether oxygens (including phenoxy) is 1. The minimum atomic E-state index is -4.37. The van der Waals surface area contributed by atoms with Crippen LogP contribution in [0.15, 0.2) is 24.3 Å². The largest absolute Gasteiger partial charge is 0.479 e. The summed E-state index contributed by atoms with van der Waals surface area (Å²) >= 11 is 0. The molecule has 0 aliphatic rings. The van der Waals surface area contributed by atoms with E-state index in [0.717, 1.165) is 12.1 Å². The molecule has 1 rings (SSSR count). The average Bonchev–Trinajstić information content (AvgIpc) is 2.25. The lowest BCUT2D eigenvalue weighted by Gasteiger charge is -2.10. The van der Waals surface area contributed by atoms with Crippen LogP contribution in [0.1, 0.15) is 18.1 Å². The first kappa shape index (κ1) is 13.5. The molecule has 0 heterocycles. The number of rotatable bonds is 4. The molecule has 3 nitrogen and oxygen atoms in total. The van der Waals surface area contributed by atoms with Crippen LogP contribution in [0.2, 0.25) is 0 Å². The molecule has 0 aliphatic heterocycles. The van der Waals surface area contributed by atoms with Crippen molar-refractivity contribution in [3.8, 4) is 0 Å². The number of carboxylic acids is 1. The van der Waals surface area contributed by atoms with Gasteiger partial charge in [-0.3, -0.25) is 0 Å². The van der Waals surface area contributed by atoms with E-state index in [4.69, 9.17) is 9.84 Å². The SMILES string of the molecule is C[C@@H](OCc1ccc(C(F)(F)F)cc1)C(=O)O. The second-order valence-corrected chi connectivity index (χ2v) is 3.49. The molecule has 0 spiro atoms. The fourth-order valence-electron chi connectivity index (χ4n) is 1.08. The van der Waals surface area contributed by atoms with Crippen LogP contribution in [0.25, 0.3) is 0 Å². The van der Waals surface area contributed by atoms with Crippen LogP contribution in [0.5, 0.6) is 0 Å². The Hall–Kier alpha value is -1.56. The maximum atomic E-state index is 12.2. The minimum absolute atomic E-state index is 0.0361. The van der Waals surface area contributed by atoms with Crippen molar-refractivity contribution in [2.75, 3.05) is 0 Å². The third kappa shape index (κ3) is 4.07. The monoisotopic (exact) mass is 248 g/mol. The zero-order valence-corrected chi connectivity index (χ0v) is 8.99. The van der Waals surface area contributed by atoms with E-state index in [9.17, 15) is 18.0 Å². The van der Waals surface area contributed by atoms with E-state index in [1.165, 1.54) is 19.1 Å². The number of hydrogen-bond donors (Lipinski definition) is 1. The molecular weight excluding hydrogens is 237 g/mol. The number of carboxylic acid groups (broad SMARTS) is 1. The van der Waals surface area contributed by atoms with Crippen molar-refractivity contribution in [1.82, 2.24) is 0 Å². The fraction of sp³-hybridized carbons (Fsp3) is 0.364. The fourth-order valence-corrected chi connectivity index (χ4v) is 1.08. The minimum Gasteiger partial charge on any atom is -0.479 e. The van der Waals surface area contributed by atoms with Gasteiger partial charge < -0.3 is 9.84 Å². The third-order valence-electron chi connectivity index (χ3n) is 2.13. The zero-order chi connectivity index (χ0) is 13.1. The third-order valence-corrected chi connectivity index (χ3v) is 2.13. The van der Waals surface area contributed by atoms with E-state index in [-0.39, 0.29) is 6.61 Å². The summed E-state index contributed by atoms with van der Waals surface area (Å²) in [5.41, 5.74) is -0.251. The molecule has 0 unspecified atom stereocenters. The van der Waals surface area contributed by atoms with E-state index in [1.807, 2.05) is 0 Å². The summed E-state index contributed by atoms with van der Waals surface area (Å²) in [6, 6.07) is 4.39. The van der Waals surface area contributed by atoms with Crippen LogP contribution in [0.3, 0.4) is 0 Å². The van der Waals surface area contributed by atoms with Crippen LogP contribution >= 0.6 is 0 Å². The lowest BCUT2D eigenvalue weighted by Crippen LogP contribution is -2.19. The molecule has 0 saturated heterocycles. The van der Waals surface area contributed by atoms with Crippen LogP contribution in [-0.2, 0) is 22.3 Å². The van der Waals surface area contributed by atoms with Gasteiger partial charge in [0.15, 0.2) is 6.10 Å². The Morgan fingerprint density at radius 2 is 1.88 bits per heavy atom. The second-order valence-electron chi connectivity index (χ2n) is 3.49. The molecule has 17 heavy (non-hydrogen) atoms. The van der Waals surface area contributed by atoms with E-state index in [1.54, 1.807) is 0 Å². The van der Waals surface area contributed by atoms with Crippen LogP contribution < -0.4 is 0 Å².